The van der Waals surface area contributed by atoms with Crippen molar-refractivity contribution in [1.29, 1.82) is 0 Å². The van der Waals surface area contributed by atoms with Gasteiger partial charge in [-0.15, -0.1) is 0 Å². The largest absolute Gasteiger partial charge is 0.399 e. The van der Waals surface area contributed by atoms with E-state index >= 15 is 0 Å². The summed E-state index contributed by atoms with van der Waals surface area (Å²) in [6.07, 6.45) is 5.50. The summed E-state index contributed by atoms with van der Waals surface area (Å²) in [5, 5.41) is 0. The topological polar surface area (TPSA) is 38.9 Å². The summed E-state index contributed by atoms with van der Waals surface area (Å²) < 4.78 is 0. The molecule has 0 bridgehead atoms. The van der Waals surface area contributed by atoms with Gasteiger partial charge in [-0.05, 0) is 55.0 Å². The molecule has 1 unspecified atom stereocenters. The van der Waals surface area contributed by atoms with Crippen molar-refractivity contribution in [3.8, 4) is 0 Å². The van der Waals surface area contributed by atoms with Crippen LogP contribution in [0.1, 0.15) is 41.1 Å². The summed E-state index contributed by atoms with van der Waals surface area (Å²) in [6, 6.07) is 10.6. The number of aromatic nitrogens is 1. The van der Waals surface area contributed by atoms with Crippen molar-refractivity contribution in [3.63, 3.8) is 0 Å². The van der Waals surface area contributed by atoms with Gasteiger partial charge in [0.2, 0.25) is 0 Å². The van der Waals surface area contributed by atoms with Crippen LogP contribution in [0, 0.1) is 6.92 Å². The van der Waals surface area contributed by atoms with E-state index in [0.717, 1.165) is 17.7 Å². The Hall–Kier alpha value is -1.83. The lowest BCUT2D eigenvalue weighted by molar-refractivity contribution is 0.598. The van der Waals surface area contributed by atoms with E-state index in [-0.39, 0.29) is 0 Å². The van der Waals surface area contributed by atoms with Crippen molar-refractivity contribution < 1.29 is 0 Å². The number of nitrogens with two attached hydrogens (primary N) is 1. The fraction of sp³-hybridized carbons (Fsp3) is 0.312. The molecule has 0 radical (unpaired) electrons. The number of hydrogen-bond acceptors (Lipinski definition) is 2. The average molecular weight is 238 g/mol. The molecule has 1 aromatic heterocycles. The summed E-state index contributed by atoms with van der Waals surface area (Å²) in [7, 11) is 0. The van der Waals surface area contributed by atoms with Crippen LogP contribution in [0.25, 0.3) is 0 Å². The number of aryl methyl sites for hydroxylation is 2. The molecule has 0 amide bonds. The fourth-order valence-corrected chi connectivity index (χ4v) is 2.85. The van der Waals surface area contributed by atoms with Gasteiger partial charge in [-0.3, -0.25) is 4.98 Å². The number of hydrogen-bond donors (Lipinski definition) is 1. The molecule has 0 aliphatic heterocycles. The molecule has 1 atom stereocenters. The van der Waals surface area contributed by atoms with Gasteiger partial charge in [-0.1, -0.05) is 18.2 Å². The van der Waals surface area contributed by atoms with Crippen LogP contribution < -0.4 is 5.73 Å². The molecule has 0 spiro atoms. The molecule has 2 heteroatoms. The van der Waals surface area contributed by atoms with Crippen LogP contribution in [0.5, 0.6) is 0 Å². The number of fused-ring (bicyclic) bond motifs is 1. The zero-order valence-corrected chi connectivity index (χ0v) is 10.7. The second-order valence-corrected chi connectivity index (χ2v) is 5.11. The Morgan fingerprint density at radius 3 is 3.00 bits per heavy atom. The van der Waals surface area contributed by atoms with Crippen molar-refractivity contribution >= 4 is 5.69 Å². The third kappa shape index (κ3) is 1.88. The van der Waals surface area contributed by atoms with E-state index in [4.69, 9.17) is 5.73 Å². The lowest BCUT2D eigenvalue weighted by Crippen LogP contribution is -2.13. The van der Waals surface area contributed by atoms with Gasteiger partial charge >= 0.3 is 0 Å². The first-order chi connectivity index (χ1) is 8.75. The fourth-order valence-electron chi connectivity index (χ4n) is 2.85. The van der Waals surface area contributed by atoms with E-state index < -0.39 is 0 Å². The second kappa shape index (κ2) is 4.45. The predicted molar refractivity (Wildman–Crippen MR) is 74.6 cm³/mol. The molecular weight excluding hydrogens is 220 g/mol. The number of rotatable bonds is 1. The molecule has 2 nitrogen and oxygen atoms in total. The van der Waals surface area contributed by atoms with Gasteiger partial charge in [0, 0.05) is 17.8 Å². The summed E-state index contributed by atoms with van der Waals surface area (Å²) in [5.41, 5.74) is 11.9. The van der Waals surface area contributed by atoms with E-state index in [9.17, 15) is 0 Å². The first-order valence-corrected chi connectivity index (χ1v) is 6.55. The van der Waals surface area contributed by atoms with Gasteiger partial charge in [-0.2, -0.15) is 0 Å². The summed E-state index contributed by atoms with van der Waals surface area (Å²) in [6.45, 7) is 2.07. The van der Waals surface area contributed by atoms with Crippen LogP contribution in [0.15, 0.2) is 36.5 Å². The van der Waals surface area contributed by atoms with Gasteiger partial charge in [0.05, 0.1) is 5.69 Å². The number of benzene rings is 1. The predicted octanol–water partition coefficient (Wildman–Crippen LogP) is 3.44. The molecule has 1 aliphatic carbocycles. The maximum absolute atomic E-state index is 5.90. The number of anilines is 1. The van der Waals surface area contributed by atoms with Gasteiger partial charge in [0.25, 0.3) is 0 Å². The van der Waals surface area contributed by atoms with Gasteiger partial charge in [0.1, 0.15) is 0 Å². The Bertz CT molecular complexity index is 575. The van der Waals surface area contributed by atoms with Gasteiger partial charge in [-0.25, -0.2) is 0 Å². The average Bonchev–Trinajstić information content (AvgIpc) is 2.41. The number of nitrogens with zero attached hydrogens (tertiary/aromatic N) is 1. The quantitative estimate of drug-likeness (QED) is 0.773. The minimum absolute atomic E-state index is 0.439. The molecule has 3 rings (SSSR count). The highest BCUT2D eigenvalue weighted by Crippen LogP contribution is 2.35. The standard InChI is InChI=1S/C16H18N2/c1-11-10-13(7-8-15(11)17)14-6-2-4-12-5-3-9-18-16(12)14/h3,5,7-10,14H,2,4,6,17H2,1H3. The highest BCUT2D eigenvalue weighted by atomic mass is 14.7. The molecule has 1 aliphatic rings. The van der Waals surface area contributed by atoms with Crippen LogP contribution in [-0.2, 0) is 6.42 Å². The highest BCUT2D eigenvalue weighted by Gasteiger charge is 2.22. The monoisotopic (exact) mass is 238 g/mol. The molecule has 0 saturated carbocycles. The Balaban J connectivity index is 2.05. The molecule has 0 fully saturated rings. The molecule has 1 heterocycles. The van der Waals surface area contributed by atoms with E-state index in [0.29, 0.717) is 5.92 Å². The smallest absolute Gasteiger partial charge is 0.0510 e. The highest BCUT2D eigenvalue weighted by molar-refractivity contribution is 5.50. The van der Waals surface area contributed by atoms with Crippen molar-refractivity contribution in [2.45, 2.75) is 32.1 Å². The third-order valence-corrected chi connectivity index (χ3v) is 3.89. The van der Waals surface area contributed by atoms with Crippen molar-refractivity contribution in [1.82, 2.24) is 4.98 Å². The summed E-state index contributed by atoms with van der Waals surface area (Å²) in [5.74, 6) is 0.439. The molecular formula is C16H18N2. The third-order valence-electron chi connectivity index (χ3n) is 3.89. The van der Waals surface area contributed by atoms with Crippen LogP contribution in [0.2, 0.25) is 0 Å². The van der Waals surface area contributed by atoms with Crippen LogP contribution in [0.3, 0.4) is 0 Å². The number of nitrogen functional groups attached to an aromatic ring is 1. The molecule has 2 aromatic rings. The van der Waals surface area contributed by atoms with E-state index in [2.05, 4.69) is 30.1 Å². The minimum Gasteiger partial charge on any atom is -0.399 e. The first kappa shape index (κ1) is 11.3. The Morgan fingerprint density at radius 2 is 2.17 bits per heavy atom. The Morgan fingerprint density at radius 1 is 1.28 bits per heavy atom. The minimum atomic E-state index is 0.439. The SMILES string of the molecule is Cc1cc(C2CCCc3cccnc32)ccc1N. The van der Waals surface area contributed by atoms with Gasteiger partial charge < -0.3 is 5.73 Å². The number of pyridine rings is 1. The van der Waals surface area contributed by atoms with Crippen LogP contribution in [0.4, 0.5) is 5.69 Å². The maximum atomic E-state index is 5.90. The van der Waals surface area contributed by atoms with Gasteiger partial charge in [0.15, 0.2) is 0 Å². The Labute approximate surface area is 108 Å². The molecule has 0 saturated heterocycles. The van der Waals surface area contributed by atoms with Crippen molar-refractivity contribution in [2.75, 3.05) is 5.73 Å². The summed E-state index contributed by atoms with van der Waals surface area (Å²) >= 11 is 0. The lowest BCUT2D eigenvalue weighted by Gasteiger charge is -2.25. The lowest BCUT2D eigenvalue weighted by atomic mass is 9.82. The van der Waals surface area contributed by atoms with E-state index in [1.807, 2.05) is 18.3 Å². The Kier molecular flexibility index (Phi) is 2.78. The second-order valence-electron chi connectivity index (χ2n) is 5.11. The molecule has 1 aromatic carbocycles. The molecule has 92 valence electrons. The molecule has 2 N–H and O–H groups in total. The molecule has 18 heavy (non-hydrogen) atoms. The van der Waals surface area contributed by atoms with E-state index in [1.165, 1.54) is 29.7 Å². The summed E-state index contributed by atoms with van der Waals surface area (Å²) in [4.78, 5) is 4.60. The zero-order chi connectivity index (χ0) is 12.5. The normalized spacial score (nSPS) is 18.4. The van der Waals surface area contributed by atoms with Crippen molar-refractivity contribution in [3.05, 3.63) is 58.9 Å². The van der Waals surface area contributed by atoms with E-state index in [1.54, 1.807) is 0 Å². The van der Waals surface area contributed by atoms with Crippen molar-refractivity contribution in [2.24, 2.45) is 0 Å². The zero-order valence-electron chi connectivity index (χ0n) is 10.7. The van der Waals surface area contributed by atoms with Crippen LogP contribution in [-0.4, -0.2) is 4.98 Å². The first-order valence-electron chi connectivity index (χ1n) is 6.55. The maximum Gasteiger partial charge on any atom is 0.0510 e. The van der Waals surface area contributed by atoms with Crippen LogP contribution >= 0.6 is 0 Å².